The number of ether oxygens (including phenoxy) is 1. The van der Waals surface area contributed by atoms with Crippen molar-refractivity contribution in [2.45, 2.75) is 44.3 Å². The second-order valence-corrected chi connectivity index (χ2v) is 11.8. The highest BCUT2D eigenvalue weighted by molar-refractivity contribution is 7.67. The number of hydrogen-bond donors (Lipinski definition) is 6. The summed E-state index contributed by atoms with van der Waals surface area (Å²) in [6.45, 7) is 1.56. The average Bonchev–Trinajstić information content (AvgIpc) is 3.26. The quantitative estimate of drug-likeness (QED) is 0.110. The fourth-order valence-corrected chi connectivity index (χ4v) is 6.11. The van der Waals surface area contributed by atoms with Gasteiger partial charge in [0.15, 0.2) is 17.7 Å². The normalized spacial score (nSPS) is 26.1. The van der Waals surface area contributed by atoms with E-state index >= 15 is 0 Å². The number of aliphatic hydroxyl groups is 2. The van der Waals surface area contributed by atoms with Gasteiger partial charge in [0.25, 0.3) is 0 Å². The number of hydrogen-bond acceptors (Lipinski definition) is 16. The Bertz CT molecular complexity index is 1160. The third-order valence-corrected chi connectivity index (χ3v) is 8.44. The zero-order chi connectivity index (χ0) is 26.9. The summed E-state index contributed by atoms with van der Waals surface area (Å²) in [5, 5.41) is 23.8. The first kappa shape index (κ1) is 29.2. The molecule has 1 fully saturated rings. The number of imidazole rings is 1. The Morgan fingerprint density at radius 1 is 1.22 bits per heavy atom. The van der Waals surface area contributed by atoms with E-state index in [1.54, 1.807) is 0 Å². The van der Waals surface area contributed by atoms with E-state index in [1.165, 1.54) is 10.9 Å². The molecule has 1 aliphatic heterocycles. The number of rotatable bonds is 12. The highest BCUT2D eigenvalue weighted by Gasteiger charge is 2.46. The maximum Gasteiger partial charge on any atom is 0.513 e. The molecular formula is C14H23N6O13P3-2. The molecule has 0 saturated carbocycles. The van der Waals surface area contributed by atoms with Crippen LogP contribution in [0.2, 0.25) is 0 Å². The highest BCUT2D eigenvalue weighted by atomic mass is 31.3. The minimum Gasteiger partial charge on any atom is -0.663 e. The van der Waals surface area contributed by atoms with E-state index in [0.717, 1.165) is 12.8 Å². The van der Waals surface area contributed by atoms with Gasteiger partial charge in [-0.05, 0) is 6.42 Å². The van der Waals surface area contributed by atoms with Gasteiger partial charge in [0, 0.05) is 14.7 Å². The topological polar surface area (TPSA) is 303 Å². The van der Waals surface area contributed by atoms with E-state index in [4.69, 9.17) is 15.4 Å². The SMILES string of the molecule is CCCCNc1nc(N)c2ncn(C3OC(COP(=O)(O)OP(=O)(O)O[P+]([O-])([O-])[O-])C(O)C3O)c2n1. The number of nitrogen functional groups attached to an aromatic ring is 1. The van der Waals surface area contributed by atoms with Crippen LogP contribution >= 0.6 is 23.8 Å². The smallest absolute Gasteiger partial charge is 0.513 e. The monoisotopic (exact) mass is 576 g/mol. The Labute approximate surface area is 203 Å². The molecule has 6 atom stereocenters. The number of fused-ring (bicyclic) bond motifs is 1. The van der Waals surface area contributed by atoms with Crippen LogP contribution in [0.3, 0.4) is 0 Å². The molecule has 3 rings (SSSR count). The van der Waals surface area contributed by atoms with Gasteiger partial charge >= 0.3 is 15.6 Å². The number of aromatic nitrogens is 4. The predicted octanol–water partition coefficient (Wildman–Crippen LogP) is -2.75. The second kappa shape index (κ2) is 11.1. The molecular weight excluding hydrogens is 553 g/mol. The molecule has 7 N–H and O–H groups in total. The standard InChI is InChI=1S/C14H25N6O13P3/c1-2-3-4-16-14-18-11(15)8-12(19-14)20(6-17-8)13-10(22)9(21)7(31-13)5-30-35(26,27)33-36(28,29)32-34(23,24)25/h6-7,9-10,13,21-22H,2-5H2,1H3,(H,26,27)(H,28,29)(H2,23,24,25)(H3,15,16,18,19)/p-2. The summed E-state index contributed by atoms with van der Waals surface area (Å²) in [5.74, 6) is 0.207. The van der Waals surface area contributed by atoms with E-state index in [2.05, 4.69) is 33.4 Å². The lowest BCUT2D eigenvalue weighted by atomic mass is 10.1. The van der Waals surface area contributed by atoms with Gasteiger partial charge in [0.1, 0.15) is 23.8 Å². The van der Waals surface area contributed by atoms with Crippen LogP contribution in [-0.4, -0.2) is 71.0 Å². The van der Waals surface area contributed by atoms with E-state index in [9.17, 15) is 38.9 Å². The van der Waals surface area contributed by atoms with Crippen LogP contribution in [0.4, 0.5) is 11.8 Å². The molecule has 1 saturated heterocycles. The molecule has 6 unspecified atom stereocenters. The first-order valence-corrected chi connectivity index (χ1v) is 14.6. The molecule has 0 amide bonds. The Kier molecular flexibility index (Phi) is 9.03. The first-order chi connectivity index (χ1) is 16.6. The summed E-state index contributed by atoms with van der Waals surface area (Å²) in [5.41, 5.74) is 6.23. The Balaban J connectivity index is 1.72. The fourth-order valence-electron chi connectivity index (χ4n) is 3.14. The number of nitrogens with zero attached hydrogens (tertiary/aromatic N) is 4. The molecule has 0 bridgehead atoms. The van der Waals surface area contributed by atoms with Gasteiger partial charge in [-0.2, -0.15) is 14.3 Å². The van der Waals surface area contributed by atoms with Crippen molar-refractivity contribution < 1.29 is 61.7 Å². The molecule has 2 aromatic heterocycles. The third kappa shape index (κ3) is 7.34. The Morgan fingerprint density at radius 3 is 2.56 bits per heavy atom. The third-order valence-electron chi connectivity index (χ3n) is 4.68. The van der Waals surface area contributed by atoms with Crippen LogP contribution in [-0.2, 0) is 27.0 Å². The summed E-state index contributed by atoms with van der Waals surface area (Å²) in [6, 6.07) is 0. The average molecular weight is 576 g/mol. The molecule has 0 spiro atoms. The van der Waals surface area contributed by atoms with Crippen molar-refractivity contribution in [3.8, 4) is 0 Å². The number of nitrogens with two attached hydrogens (primary N) is 1. The van der Waals surface area contributed by atoms with Crippen molar-refractivity contribution in [3.05, 3.63) is 6.33 Å². The molecule has 0 aromatic carbocycles. The molecule has 2 aromatic rings. The van der Waals surface area contributed by atoms with E-state index < -0.39 is 55.0 Å². The lowest BCUT2D eigenvalue weighted by Crippen LogP contribution is -2.34. The molecule has 3 heterocycles. The molecule has 1 aliphatic rings. The van der Waals surface area contributed by atoms with Crippen LogP contribution in [0.15, 0.2) is 6.33 Å². The predicted molar refractivity (Wildman–Crippen MR) is 114 cm³/mol. The summed E-state index contributed by atoms with van der Waals surface area (Å²) in [7, 11) is -17.4. The van der Waals surface area contributed by atoms with E-state index in [-0.39, 0.29) is 22.9 Å². The van der Waals surface area contributed by atoms with E-state index in [0.29, 0.717) is 6.54 Å². The molecule has 36 heavy (non-hydrogen) atoms. The number of nitrogens with one attached hydrogen (secondary N) is 1. The Morgan fingerprint density at radius 2 is 1.92 bits per heavy atom. The highest BCUT2D eigenvalue weighted by Crippen LogP contribution is 2.65. The lowest BCUT2D eigenvalue weighted by molar-refractivity contribution is -0.450. The van der Waals surface area contributed by atoms with Crippen LogP contribution in [0.5, 0.6) is 0 Å². The molecule has 22 heteroatoms. The van der Waals surface area contributed by atoms with Gasteiger partial charge in [0.05, 0.1) is 12.9 Å². The van der Waals surface area contributed by atoms with Crippen LogP contribution in [0, 0.1) is 0 Å². The molecule has 19 nitrogen and oxygen atoms in total. The van der Waals surface area contributed by atoms with Crippen molar-refractivity contribution in [2.24, 2.45) is 0 Å². The zero-order valence-electron chi connectivity index (χ0n) is 18.4. The van der Waals surface area contributed by atoms with Crippen LogP contribution in [0.1, 0.15) is 26.0 Å². The number of phosphoric acid groups is 3. The van der Waals surface area contributed by atoms with Gasteiger partial charge in [-0.25, -0.2) is 14.1 Å². The van der Waals surface area contributed by atoms with Gasteiger partial charge in [0.2, 0.25) is 5.95 Å². The van der Waals surface area contributed by atoms with E-state index in [1.807, 2.05) is 6.92 Å². The van der Waals surface area contributed by atoms with Crippen molar-refractivity contribution >= 4 is 46.7 Å². The maximum absolute atomic E-state index is 11.9. The lowest BCUT2D eigenvalue weighted by Gasteiger charge is -2.37. The first-order valence-electron chi connectivity index (χ1n) is 10.1. The van der Waals surface area contributed by atoms with Crippen LogP contribution in [0.25, 0.3) is 11.2 Å². The minimum atomic E-state index is -6.06. The van der Waals surface area contributed by atoms with Gasteiger partial charge < -0.3 is 50.5 Å². The Hall–Kier alpha value is -1.40. The van der Waals surface area contributed by atoms with Crippen molar-refractivity contribution in [3.63, 3.8) is 0 Å². The second-order valence-electron chi connectivity index (χ2n) is 7.43. The zero-order valence-corrected chi connectivity index (χ0v) is 21.1. The number of unbranched alkanes of at least 4 members (excludes halogenated alkanes) is 1. The van der Waals surface area contributed by atoms with Crippen molar-refractivity contribution in [1.82, 2.24) is 19.5 Å². The summed E-state index contributed by atoms with van der Waals surface area (Å²) >= 11 is 0. The van der Waals surface area contributed by atoms with Gasteiger partial charge in [-0.3, -0.25) is 9.09 Å². The van der Waals surface area contributed by atoms with Gasteiger partial charge in [-0.1, -0.05) is 13.3 Å². The molecule has 0 aliphatic carbocycles. The van der Waals surface area contributed by atoms with Gasteiger partial charge in [-0.15, -0.1) is 4.31 Å². The van der Waals surface area contributed by atoms with Crippen LogP contribution < -0.4 is 25.7 Å². The molecule has 204 valence electrons. The number of aliphatic hydroxyl groups excluding tert-OH is 2. The minimum absolute atomic E-state index is 0.0281. The van der Waals surface area contributed by atoms with Crippen molar-refractivity contribution in [1.29, 1.82) is 0 Å². The number of anilines is 2. The summed E-state index contributed by atoms with van der Waals surface area (Å²) < 4.78 is 41.3. The maximum atomic E-state index is 11.9. The summed E-state index contributed by atoms with van der Waals surface area (Å²) in [6.07, 6.45) is -3.23. The fraction of sp³-hybridized carbons (Fsp3) is 0.643. The largest absolute Gasteiger partial charge is 0.663 e. The van der Waals surface area contributed by atoms with Crippen molar-refractivity contribution in [2.75, 3.05) is 24.2 Å². The molecule has 0 radical (unpaired) electrons. The summed E-state index contributed by atoms with van der Waals surface area (Å²) in [4.78, 5) is 62.5. The number of phosphoric ester groups is 1.